The molecule has 0 atom stereocenters. The molecule has 1 aromatic rings. The Morgan fingerprint density at radius 2 is 2.06 bits per heavy atom. The van der Waals surface area contributed by atoms with Crippen molar-refractivity contribution in [2.45, 2.75) is 0 Å². The van der Waals surface area contributed by atoms with Crippen LogP contribution in [0.2, 0.25) is 5.02 Å². The van der Waals surface area contributed by atoms with Gasteiger partial charge in [0, 0.05) is 12.1 Å². The third kappa shape index (κ3) is 3.12. The largest absolute Gasteiger partial charge is 0.355 e. The van der Waals surface area contributed by atoms with Gasteiger partial charge in [-0.25, -0.2) is 0 Å². The van der Waals surface area contributed by atoms with E-state index in [4.69, 9.17) is 23.2 Å². The van der Waals surface area contributed by atoms with Crippen molar-refractivity contribution in [3.63, 3.8) is 0 Å². The van der Waals surface area contributed by atoms with Crippen LogP contribution in [0.4, 0.5) is 5.69 Å². The molecule has 86 valence electrons. The molecule has 0 unspecified atom stereocenters. The molecule has 6 heteroatoms. The molecule has 0 aliphatic carbocycles. The Morgan fingerprint density at radius 1 is 1.38 bits per heavy atom. The summed E-state index contributed by atoms with van der Waals surface area (Å²) in [4.78, 5) is 22.6. The Hall–Kier alpha value is -1.26. The summed E-state index contributed by atoms with van der Waals surface area (Å²) in [6.45, 7) is 0. The van der Waals surface area contributed by atoms with Gasteiger partial charge >= 0.3 is 0 Å². The van der Waals surface area contributed by atoms with E-state index in [1.165, 1.54) is 13.1 Å². The van der Waals surface area contributed by atoms with E-state index in [9.17, 15) is 9.59 Å². The molecule has 0 bridgehead atoms. The summed E-state index contributed by atoms with van der Waals surface area (Å²) >= 11 is 11.1. The normalized spacial score (nSPS) is 9.69. The lowest BCUT2D eigenvalue weighted by atomic mass is 10.1. The van der Waals surface area contributed by atoms with Gasteiger partial charge in [0.15, 0.2) is 0 Å². The lowest BCUT2D eigenvalue weighted by molar-refractivity contribution is -0.113. The summed E-state index contributed by atoms with van der Waals surface area (Å²) < 4.78 is 0. The van der Waals surface area contributed by atoms with E-state index in [2.05, 4.69) is 10.6 Å². The average molecular weight is 261 g/mol. The van der Waals surface area contributed by atoms with Crippen LogP contribution in [0.3, 0.4) is 0 Å². The first-order valence-corrected chi connectivity index (χ1v) is 5.37. The quantitative estimate of drug-likeness (QED) is 0.816. The number of nitrogens with one attached hydrogen (secondary N) is 2. The SMILES string of the molecule is CNC(=O)c1cc(Cl)ccc1NC(=O)CCl. The lowest BCUT2D eigenvalue weighted by Crippen LogP contribution is -2.21. The van der Waals surface area contributed by atoms with Gasteiger partial charge in [-0.15, -0.1) is 11.6 Å². The molecule has 0 saturated heterocycles. The molecule has 0 saturated carbocycles. The lowest BCUT2D eigenvalue weighted by Gasteiger charge is -2.09. The van der Waals surface area contributed by atoms with Crippen molar-refractivity contribution in [2.24, 2.45) is 0 Å². The van der Waals surface area contributed by atoms with Crippen molar-refractivity contribution < 1.29 is 9.59 Å². The highest BCUT2D eigenvalue weighted by Gasteiger charge is 2.12. The molecule has 0 aromatic heterocycles. The number of hydrogen-bond acceptors (Lipinski definition) is 2. The van der Waals surface area contributed by atoms with Gasteiger partial charge in [0.25, 0.3) is 5.91 Å². The van der Waals surface area contributed by atoms with Gasteiger partial charge in [-0.2, -0.15) is 0 Å². The first-order chi connectivity index (χ1) is 7.58. The molecule has 16 heavy (non-hydrogen) atoms. The Morgan fingerprint density at radius 3 is 2.62 bits per heavy atom. The second-order valence-electron chi connectivity index (χ2n) is 2.95. The minimum Gasteiger partial charge on any atom is -0.355 e. The van der Waals surface area contributed by atoms with E-state index in [0.717, 1.165) is 0 Å². The maximum Gasteiger partial charge on any atom is 0.253 e. The van der Waals surface area contributed by atoms with Crippen molar-refractivity contribution in [1.82, 2.24) is 5.32 Å². The van der Waals surface area contributed by atoms with Crippen molar-refractivity contribution in [3.8, 4) is 0 Å². The number of amides is 2. The molecule has 1 rings (SSSR count). The van der Waals surface area contributed by atoms with Crippen LogP contribution in [0, 0.1) is 0 Å². The van der Waals surface area contributed by atoms with E-state index in [0.29, 0.717) is 16.3 Å². The first-order valence-electron chi connectivity index (χ1n) is 4.46. The zero-order valence-corrected chi connectivity index (χ0v) is 10.0. The average Bonchev–Trinajstić information content (AvgIpc) is 2.30. The van der Waals surface area contributed by atoms with Crippen LogP contribution in [0.5, 0.6) is 0 Å². The molecule has 0 aliphatic heterocycles. The van der Waals surface area contributed by atoms with Gasteiger partial charge in [-0.1, -0.05) is 11.6 Å². The summed E-state index contributed by atoms with van der Waals surface area (Å²) in [5, 5.41) is 5.39. The fraction of sp³-hybridized carbons (Fsp3) is 0.200. The third-order valence-electron chi connectivity index (χ3n) is 1.85. The number of hydrogen-bond donors (Lipinski definition) is 2. The van der Waals surface area contributed by atoms with Crippen LogP contribution >= 0.6 is 23.2 Å². The van der Waals surface area contributed by atoms with Crippen molar-refractivity contribution in [3.05, 3.63) is 28.8 Å². The number of benzene rings is 1. The van der Waals surface area contributed by atoms with Crippen molar-refractivity contribution >= 4 is 40.7 Å². The van der Waals surface area contributed by atoms with Crippen LogP contribution in [-0.4, -0.2) is 24.7 Å². The van der Waals surface area contributed by atoms with Gasteiger partial charge in [0.1, 0.15) is 5.88 Å². The van der Waals surface area contributed by atoms with Crippen LogP contribution in [0.25, 0.3) is 0 Å². The number of anilines is 1. The van der Waals surface area contributed by atoms with Crippen LogP contribution < -0.4 is 10.6 Å². The molecule has 0 aliphatic rings. The van der Waals surface area contributed by atoms with Gasteiger partial charge in [-0.3, -0.25) is 9.59 Å². The topological polar surface area (TPSA) is 58.2 Å². The Bertz CT molecular complexity index is 421. The second-order valence-corrected chi connectivity index (χ2v) is 3.65. The number of carbonyl (C=O) groups is 2. The molecule has 0 heterocycles. The number of alkyl halides is 1. The molecule has 0 spiro atoms. The van der Waals surface area contributed by atoms with Gasteiger partial charge < -0.3 is 10.6 Å². The van der Waals surface area contributed by atoms with Gasteiger partial charge in [-0.05, 0) is 18.2 Å². The summed E-state index contributed by atoms with van der Waals surface area (Å²) in [5.41, 5.74) is 0.683. The molecule has 0 radical (unpaired) electrons. The smallest absolute Gasteiger partial charge is 0.253 e. The molecule has 2 N–H and O–H groups in total. The molecule has 1 aromatic carbocycles. The highest BCUT2D eigenvalue weighted by Crippen LogP contribution is 2.20. The zero-order chi connectivity index (χ0) is 12.1. The Balaban J connectivity index is 3.07. The summed E-state index contributed by atoms with van der Waals surface area (Å²) in [5.74, 6) is -0.878. The predicted octanol–water partition coefficient (Wildman–Crippen LogP) is 1.88. The van der Waals surface area contributed by atoms with Crippen molar-refractivity contribution in [1.29, 1.82) is 0 Å². The summed E-state index contributed by atoms with van der Waals surface area (Å²) in [7, 11) is 1.50. The van der Waals surface area contributed by atoms with E-state index in [-0.39, 0.29) is 17.7 Å². The standard InChI is InChI=1S/C10H10Cl2N2O2/c1-13-10(16)7-4-6(12)2-3-8(7)14-9(15)5-11/h2-4H,5H2,1H3,(H,13,16)(H,14,15). The fourth-order valence-electron chi connectivity index (χ4n) is 1.13. The summed E-state index contributed by atoms with van der Waals surface area (Å²) in [6.07, 6.45) is 0. The number of halogens is 2. The van der Waals surface area contributed by atoms with Crippen LogP contribution in [0.1, 0.15) is 10.4 Å². The van der Waals surface area contributed by atoms with Crippen molar-refractivity contribution in [2.75, 3.05) is 18.2 Å². The van der Waals surface area contributed by atoms with E-state index in [1.54, 1.807) is 12.1 Å². The van der Waals surface area contributed by atoms with Crippen LogP contribution in [-0.2, 0) is 4.79 Å². The fourth-order valence-corrected chi connectivity index (χ4v) is 1.37. The second kappa shape index (κ2) is 5.72. The third-order valence-corrected chi connectivity index (χ3v) is 2.33. The molecular formula is C10H10Cl2N2O2. The van der Waals surface area contributed by atoms with E-state index in [1.807, 2.05) is 0 Å². The Labute approximate surface area is 103 Å². The zero-order valence-electron chi connectivity index (χ0n) is 8.51. The Kier molecular flexibility index (Phi) is 4.58. The minimum absolute atomic E-state index is 0.171. The monoisotopic (exact) mass is 260 g/mol. The minimum atomic E-state index is -0.380. The van der Waals surface area contributed by atoms with E-state index >= 15 is 0 Å². The first kappa shape index (κ1) is 12.8. The summed E-state index contributed by atoms with van der Waals surface area (Å²) in [6, 6.07) is 4.61. The van der Waals surface area contributed by atoms with Gasteiger partial charge in [0.05, 0.1) is 11.3 Å². The number of carbonyl (C=O) groups excluding carboxylic acids is 2. The highest BCUT2D eigenvalue weighted by molar-refractivity contribution is 6.31. The molecular weight excluding hydrogens is 251 g/mol. The van der Waals surface area contributed by atoms with Crippen LogP contribution in [0.15, 0.2) is 18.2 Å². The maximum absolute atomic E-state index is 11.5. The number of rotatable bonds is 3. The highest BCUT2D eigenvalue weighted by atomic mass is 35.5. The van der Waals surface area contributed by atoms with Gasteiger partial charge in [0.2, 0.25) is 5.91 Å². The molecule has 4 nitrogen and oxygen atoms in total. The van der Waals surface area contributed by atoms with E-state index < -0.39 is 0 Å². The molecule has 2 amide bonds. The maximum atomic E-state index is 11.5. The molecule has 0 fully saturated rings. The predicted molar refractivity (Wildman–Crippen MR) is 64.2 cm³/mol.